The van der Waals surface area contributed by atoms with Gasteiger partial charge in [0.2, 0.25) is 0 Å². The third kappa shape index (κ3) is 7.20. The molecule has 0 spiro atoms. The molecule has 3 rings (SSSR count). The van der Waals surface area contributed by atoms with Crippen LogP contribution in [0.3, 0.4) is 0 Å². The molecule has 1 aliphatic heterocycles. The third-order valence-corrected chi connectivity index (χ3v) is 5.92. The average molecular weight is 529 g/mol. The van der Waals surface area contributed by atoms with Crippen molar-refractivity contribution in [3.63, 3.8) is 0 Å². The molecule has 2 aromatic rings. The van der Waals surface area contributed by atoms with Gasteiger partial charge in [-0.3, -0.25) is 4.90 Å². The van der Waals surface area contributed by atoms with Gasteiger partial charge in [0.1, 0.15) is 0 Å². The molecule has 1 unspecified atom stereocenters. The molecule has 1 saturated heterocycles. The van der Waals surface area contributed by atoms with Crippen molar-refractivity contribution in [3.8, 4) is 0 Å². The maximum atomic E-state index is 5.55. The van der Waals surface area contributed by atoms with Gasteiger partial charge in [-0.25, -0.2) is 9.98 Å². The Hall–Kier alpha value is -1.23. The second-order valence-corrected chi connectivity index (χ2v) is 8.18. The topological polar surface area (TPSA) is 61.8 Å². The molecule has 0 amide bonds. The van der Waals surface area contributed by atoms with Crippen LogP contribution >= 0.6 is 35.3 Å². The second-order valence-electron chi connectivity index (χ2n) is 6.89. The molecule has 1 aromatic heterocycles. The van der Waals surface area contributed by atoms with Gasteiger partial charge in [-0.1, -0.05) is 30.3 Å². The van der Waals surface area contributed by atoms with Crippen LogP contribution in [0.25, 0.3) is 0 Å². The van der Waals surface area contributed by atoms with Gasteiger partial charge in [-0.05, 0) is 26.3 Å². The smallest absolute Gasteiger partial charge is 0.191 e. The number of nitrogens with zero attached hydrogens (tertiary/aromatic N) is 3. The summed E-state index contributed by atoms with van der Waals surface area (Å²) >= 11 is 1.72. The maximum absolute atomic E-state index is 5.55. The van der Waals surface area contributed by atoms with Crippen molar-refractivity contribution in [1.82, 2.24) is 20.5 Å². The van der Waals surface area contributed by atoms with Crippen molar-refractivity contribution in [3.05, 3.63) is 51.5 Å². The summed E-state index contributed by atoms with van der Waals surface area (Å²) in [5, 5.41) is 8.02. The van der Waals surface area contributed by atoms with Crippen LogP contribution in [0.2, 0.25) is 0 Å². The number of aliphatic imine (C=N–C) groups is 1. The monoisotopic (exact) mass is 529 g/mol. The van der Waals surface area contributed by atoms with E-state index in [1.54, 1.807) is 11.3 Å². The number of thiazole rings is 1. The first-order valence-electron chi connectivity index (χ1n) is 9.99. The van der Waals surface area contributed by atoms with Crippen LogP contribution in [0, 0.1) is 13.8 Å². The molecule has 8 heteroatoms. The number of ether oxygens (including phenoxy) is 1. The summed E-state index contributed by atoms with van der Waals surface area (Å²) in [6, 6.07) is 11.0. The average Bonchev–Trinajstić information content (AvgIpc) is 3.05. The number of aryl methyl sites for hydroxylation is 2. The summed E-state index contributed by atoms with van der Waals surface area (Å²) in [4.78, 5) is 13.0. The van der Waals surface area contributed by atoms with E-state index < -0.39 is 0 Å². The largest absolute Gasteiger partial charge is 0.379 e. The number of rotatable bonds is 7. The summed E-state index contributed by atoms with van der Waals surface area (Å²) in [6.45, 7) is 12.0. The lowest BCUT2D eigenvalue weighted by molar-refractivity contribution is 0.0170. The molecule has 0 radical (unpaired) electrons. The van der Waals surface area contributed by atoms with Gasteiger partial charge < -0.3 is 15.4 Å². The number of halogens is 1. The van der Waals surface area contributed by atoms with Crippen molar-refractivity contribution in [1.29, 1.82) is 0 Å². The highest BCUT2D eigenvalue weighted by Crippen LogP contribution is 2.21. The Morgan fingerprint density at radius 1 is 1.21 bits per heavy atom. The van der Waals surface area contributed by atoms with Gasteiger partial charge in [-0.15, -0.1) is 35.3 Å². The van der Waals surface area contributed by atoms with Crippen LogP contribution in [0.15, 0.2) is 35.3 Å². The summed E-state index contributed by atoms with van der Waals surface area (Å²) < 4.78 is 5.55. The summed E-state index contributed by atoms with van der Waals surface area (Å²) in [6.07, 6.45) is 0. The van der Waals surface area contributed by atoms with Crippen LogP contribution in [-0.2, 0) is 11.3 Å². The lowest BCUT2D eigenvalue weighted by Gasteiger charge is -2.35. The lowest BCUT2D eigenvalue weighted by Crippen LogP contribution is -2.46. The number of guanidine groups is 1. The van der Waals surface area contributed by atoms with Gasteiger partial charge in [0.25, 0.3) is 0 Å². The molecule has 0 saturated carbocycles. The Morgan fingerprint density at radius 2 is 1.93 bits per heavy atom. The molecule has 0 bridgehead atoms. The fraction of sp³-hybridized carbons (Fsp3) is 0.524. The summed E-state index contributed by atoms with van der Waals surface area (Å²) in [5.41, 5.74) is 2.40. The van der Waals surface area contributed by atoms with E-state index >= 15 is 0 Å². The highest BCUT2D eigenvalue weighted by atomic mass is 127. The molecule has 6 nitrogen and oxygen atoms in total. The maximum Gasteiger partial charge on any atom is 0.191 e. The van der Waals surface area contributed by atoms with Gasteiger partial charge in [-0.2, -0.15) is 0 Å². The molecular formula is C21H32IN5OS. The molecule has 0 aliphatic carbocycles. The third-order valence-electron chi connectivity index (χ3n) is 4.86. The van der Waals surface area contributed by atoms with E-state index in [0.717, 1.165) is 56.1 Å². The predicted octanol–water partition coefficient (Wildman–Crippen LogP) is 3.51. The molecular weight excluding hydrogens is 497 g/mol. The zero-order valence-corrected chi connectivity index (χ0v) is 20.6. The Labute approximate surface area is 195 Å². The quantitative estimate of drug-likeness (QED) is 0.327. The zero-order valence-electron chi connectivity index (χ0n) is 17.5. The minimum atomic E-state index is 0. The molecule has 2 heterocycles. The van der Waals surface area contributed by atoms with E-state index in [1.165, 1.54) is 10.4 Å². The minimum Gasteiger partial charge on any atom is -0.379 e. The van der Waals surface area contributed by atoms with E-state index in [1.807, 2.05) is 6.92 Å². The first kappa shape index (κ1) is 24.0. The molecule has 29 heavy (non-hydrogen) atoms. The zero-order chi connectivity index (χ0) is 19.8. The first-order valence-corrected chi connectivity index (χ1v) is 10.8. The highest BCUT2D eigenvalue weighted by Gasteiger charge is 2.22. The van der Waals surface area contributed by atoms with Crippen LogP contribution in [0.5, 0.6) is 0 Å². The van der Waals surface area contributed by atoms with Crippen molar-refractivity contribution in [2.75, 3.05) is 39.4 Å². The van der Waals surface area contributed by atoms with Crippen LogP contribution in [0.4, 0.5) is 0 Å². The van der Waals surface area contributed by atoms with Gasteiger partial charge >= 0.3 is 0 Å². The number of hydrogen-bond acceptors (Lipinski definition) is 5. The molecule has 1 aromatic carbocycles. The van der Waals surface area contributed by atoms with Gasteiger partial charge in [0, 0.05) is 31.1 Å². The highest BCUT2D eigenvalue weighted by molar-refractivity contribution is 14.0. The van der Waals surface area contributed by atoms with Crippen molar-refractivity contribution in [2.45, 2.75) is 33.4 Å². The molecule has 160 valence electrons. The normalized spacial score (nSPS) is 16.2. The van der Waals surface area contributed by atoms with E-state index in [9.17, 15) is 0 Å². The number of aromatic nitrogens is 1. The van der Waals surface area contributed by atoms with E-state index in [2.05, 4.69) is 64.7 Å². The van der Waals surface area contributed by atoms with Crippen LogP contribution in [-0.4, -0.2) is 55.2 Å². The van der Waals surface area contributed by atoms with Gasteiger partial charge in [0.15, 0.2) is 5.96 Å². The fourth-order valence-electron chi connectivity index (χ4n) is 3.43. The van der Waals surface area contributed by atoms with E-state index in [-0.39, 0.29) is 24.0 Å². The van der Waals surface area contributed by atoms with E-state index in [4.69, 9.17) is 9.73 Å². The van der Waals surface area contributed by atoms with E-state index in [0.29, 0.717) is 12.6 Å². The second kappa shape index (κ2) is 12.5. The molecule has 1 atom stereocenters. The first-order chi connectivity index (χ1) is 13.7. The number of nitrogens with one attached hydrogen (secondary N) is 2. The van der Waals surface area contributed by atoms with Crippen LogP contribution in [0.1, 0.15) is 34.1 Å². The number of hydrogen-bond donors (Lipinski definition) is 2. The SMILES string of the molecule is CCNC(=NCc1sc(C)nc1C)NCC(c1ccccc1)N1CCOCC1.I. The molecule has 2 N–H and O–H groups in total. The fourth-order valence-corrected chi connectivity index (χ4v) is 4.29. The number of benzene rings is 1. The summed E-state index contributed by atoms with van der Waals surface area (Å²) in [7, 11) is 0. The number of morpholine rings is 1. The summed E-state index contributed by atoms with van der Waals surface area (Å²) in [5.74, 6) is 0.849. The van der Waals surface area contributed by atoms with Crippen molar-refractivity contribution >= 4 is 41.3 Å². The standard InChI is InChI=1S/C21H31N5OS.HI/c1-4-22-21(24-15-20-16(2)25-17(3)28-20)23-14-19(18-8-6-5-7-9-18)26-10-12-27-13-11-26;/h5-9,19H,4,10-15H2,1-3H3,(H2,22,23,24);1H. The van der Waals surface area contributed by atoms with Gasteiger partial charge in [0.05, 0.1) is 36.5 Å². The predicted molar refractivity (Wildman–Crippen MR) is 131 cm³/mol. The Morgan fingerprint density at radius 3 is 2.55 bits per heavy atom. The molecule has 1 aliphatic rings. The van der Waals surface area contributed by atoms with Crippen LogP contribution < -0.4 is 10.6 Å². The Balaban J connectivity index is 0.00000300. The van der Waals surface area contributed by atoms with Crippen molar-refractivity contribution in [2.24, 2.45) is 4.99 Å². The Kier molecular flexibility index (Phi) is 10.3. The van der Waals surface area contributed by atoms with Crippen molar-refractivity contribution < 1.29 is 4.74 Å². The lowest BCUT2D eigenvalue weighted by atomic mass is 10.0. The minimum absolute atomic E-state index is 0. The Bertz CT molecular complexity index is 762. The molecule has 1 fully saturated rings.